The molecule has 0 bridgehead atoms. The highest BCUT2D eigenvalue weighted by molar-refractivity contribution is 8.18. The summed E-state index contributed by atoms with van der Waals surface area (Å²) in [7, 11) is 2.49. The number of carbonyl (C=O) groups is 3. The Bertz CT molecular complexity index is 1090. The lowest BCUT2D eigenvalue weighted by Gasteiger charge is -2.07. The average Bonchev–Trinajstić information content (AvgIpc) is 3.39. The maximum Gasteiger partial charge on any atom is 0.373 e. The van der Waals surface area contributed by atoms with E-state index in [1.165, 1.54) is 26.5 Å². The van der Waals surface area contributed by atoms with E-state index in [1.54, 1.807) is 30.3 Å². The number of nitrogens with one attached hydrogen (secondary N) is 1. The number of furan rings is 1. The van der Waals surface area contributed by atoms with Crippen molar-refractivity contribution in [3.05, 3.63) is 64.5 Å². The summed E-state index contributed by atoms with van der Waals surface area (Å²) in [6.07, 6.45) is 2.54. The van der Waals surface area contributed by atoms with Crippen molar-refractivity contribution in [2.24, 2.45) is 10.2 Å². The van der Waals surface area contributed by atoms with Gasteiger partial charge in [-0.3, -0.25) is 10.1 Å². The molecular formula is C20H17N3O7S. The second-order valence-electron chi connectivity index (χ2n) is 5.82. The number of benzene rings is 1. The Labute approximate surface area is 180 Å². The van der Waals surface area contributed by atoms with Crippen LogP contribution >= 0.6 is 11.8 Å². The molecule has 1 aromatic heterocycles. The predicted molar refractivity (Wildman–Crippen MR) is 112 cm³/mol. The van der Waals surface area contributed by atoms with Crippen LogP contribution in [0.25, 0.3) is 0 Å². The normalized spacial score (nSPS) is 16.0. The van der Waals surface area contributed by atoms with Gasteiger partial charge >= 0.3 is 11.9 Å². The van der Waals surface area contributed by atoms with Crippen molar-refractivity contribution in [2.45, 2.75) is 6.61 Å². The van der Waals surface area contributed by atoms with Crippen LogP contribution in [-0.4, -0.2) is 43.4 Å². The van der Waals surface area contributed by atoms with Crippen LogP contribution in [0.5, 0.6) is 5.75 Å². The van der Waals surface area contributed by atoms with Gasteiger partial charge in [0.1, 0.15) is 18.1 Å². The topological polar surface area (TPSA) is 129 Å². The first kappa shape index (κ1) is 21.8. The number of methoxy groups -OCH3 is 2. The molecule has 0 spiro atoms. The third kappa shape index (κ3) is 5.82. The number of esters is 2. The van der Waals surface area contributed by atoms with Gasteiger partial charge in [0.2, 0.25) is 5.76 Å². The number of hydrogen-bond donors (Lipinski definition) is 1. The second kappa shape index (κ2) is 10.3. The summed E-state index contributed by atoms with van der Waals surface area (Å²) >= 11 is 0.970. The zero-order valence-electron chi connectivity index (χ0n) is 16.5. The first-order valence-corrected chi connectivity index (χ1v) is 9.60. The fraction of sp³-hybridized carbons (Fsp3) is 0.150. The third-order valence-electron chi connectivity index (χ3n) is 3.78. The first-order valence-electron chi connectivity index (χ1n) is 8.79. The molecule has 10 nitrogen and oxygen atoms in total. The van der Waals surface area contributed by atoms with E-state index in [2.05, 4.69) is 25.0 Å². The van der Waals surface area contributed by atoms with Gasteiger partial charge in [0.15, 0.2) is 5.17 Å². The van der Waals surface area contributed by atoms with Crippen LogP contribution in [-0.2, 0) is 25.7 Å². The Morgan fingerprint density at radius 1 is 1.16 bits per heavy atom. The quantitative estimate of drug-likeness (QED) is 0.299. The second-order valence-corrected chi connectivity index (χ2v) is 6.85. The van der Waals surface area contributed by atoms with Gasteiger partial charge in [-0.05, 0) is 36.0 Å². The molecule has 0 radical (unpaired) electrons. The molecule has 0 atom stereocenters. The van der Waals surface area contributed by atoms with E-state index in [-0.39, 0.29) is 22.4 Å². The average molecular weight is 443 g/mol. The van der Waals surface area contributed by atoms with Gasteiger partial charge in [-0.25, -0.2) is 9.59 Å². The summed E-state index contributed by atoms with van der Waals surface area (Å²) in [4.78, 5) is 34.7. The molecule has 1 aromatic carbocycles. The van der Waals surface area contributed by atoms with Crippen molar-refractivity contribution in [1.82, 2.24) is 5.32 Å². The van der Waals surface area contributed by atoms with Gasteiger partial charge in [-0.15, -0.1) is 5.10 Å². The highest BCUT2D eigenvalue weighted by Gasteiger charge is 2.25. The molecule has 0 unspecified atom stereocenters. The standard InChI is InChI=1S/C20H17N3O7S/c1-27-17(24)9-16-18(25)22-20(31-16)23-21-10-12-5-3-4-6-14(12)29-11-13-7-8-15(30-13)19(26)28-2/h3-10H,11H2,1-2H3,(H,22,23,25)/b16-9+,21-10?. The minimum atomic E-state index is -0.635. The van der Waals surface area contributed by atoms with E-state index in [0.717, 1.165) is 17.8 Å². The number of thioether (sulfide) groups is 1. The molecule has 0 aliphatic carbocycles. The highest BCUT2D eigenvalue weighted by atomic mass is 32.2. The fourth-order valence-corrected chi connectivity index (χ4v) is 3.06. The summed E-state index contributed by atoms with van der Waals surface area (Å²) < 4.78 is 20.2. The molecule has 11 heteroatoms. The smallest absolute Gasteiger partial charge is 0.373 e. The number of ether oxygens (including phenoxy) is 3. The molecule has 1 amide bonds. The van der Waals surface area contributed by atoms with Crippen LogP contribution in [0.3, 0.4) is 0 Å². The van der Waals surface area contributed by atoms with Crippen molar-refractivity contribution in [1.29, 1.82) is 0 Å². The fourth-order valence-electron chi connectivity index (χ4n) is 2.32. The van der Waals surface area contributed by atoms with Gasteiger partial charge in [-0.2, -0.15) is 5.10 Å². The molecular weight excluding hydrogens is 426 g/mol. The van der Waals surface area contributed by atoms with Crippen LogP contribution in [0.15, 0.2) is 62.0 Å². The number of rotatable bonds is 7. The van der Waals surface area contributed by atoms with E-state index < -0.39 is 17.8 Å². The Kier molecular flexibility index (Phi) is 7.22. The van der Waals surface area contributed by atoms with Crippen LogP contribution in [0.4, 0.5) is 0 Å². The lowest BCUT2D eigenvalue weighted by Crippen LogP contribution is -2.19. The van der Waals surface area contributed by atoms with Crippen molar-refractivity contribution < 1.29 is 33.0 Å². The van der Waals surface area contributed by atoms with Crippen molar-refractivity contribution in [3.8, 4) is 5.75 Å². The molecule has 160 valence electrons. The van der Waals surface area contributed by atoms with Gasteiger partial charge in [-0.1, -0.05) is 12.1 Å². The number of amidine groups is 1. The summed E-state index contributed by atoms with van der Waals surface area (Å²) in [6, 6.07) is 10.2. The molecule has 0 saturated carbocycles. The number of nitrogens with zero attached hydrogens (tertiary/aromatic N) is 2. The van der Waals surface area contributed by atoms with Crippen molar-refractivity contribution in [3.63, 3.8) is 0 Å². The van der Waals surface area contributed by atoms with Gasteiger partial charge in [0, 0.05) is 11.6 Å². The number of hydrogen-bond acceptors (Lipinski definition) is 10. The molecule has 1 saturated heterocycles. The summed E-state index contributed by atoms with van der Waals surface area (Å²) in [5.74, 6) is -0.622. The van der Waals surface area contributed by atoms with E-state index in [9.17, 15) is 14.4 Å². The van der Waals surface area contributed by atoms with E-state index >= 15 is 0 Å². The van der Waals surface area contributed by atoms with Crippen molar-refractivity contribution >= 4 is 41.0 Å². The van der Waals surface area contributed by atoms with Gasteiger partial charge in [0.05, 0.1) is 25.3 Å². The first-order chi connectivity index (χ1) is 15.0. The highest BCUT2D eigenvalue weighted by Crippen LogP contribution is 2.24. The van der Waals surface area contributed by atoms with Crippen LogP contribution in [0, 0.1) is 0 Å². The van der Waals surface area contributed by atoms with Crippen LogP contribution < -0.4 is 10.1 Å². The molecule has 1 aliphatic heterocycles. The molecule has 2 aromatic rings. The SMILES string of the molecule is COC(=O)/C=C1/S/C(=N\N=Cc2ccccc2OCc2ccc(C(=O)OC)o2)NC1=O. The zero-order valence-corrected chi connectivity index (χ0v) is 17.3. The number of para-hydroxylation sites is 1. The number of amides is 1. The lowest BCUT2D eigenvalue weighted by atomic mass is 10.2. The molecule has 2 heterocycles. The van der Waals surface area contributed by atoms with E-state index in [4.69, 9.17) is 9.15 Å². The van der Waals surface area contributed by atoms with Crippen molar-refractivity contribution in [2.75, 3.05) is 14.2 Å². The summed E-state index contributed by atoms with van der Waals surface area (Å²) in [5.41, 5.74) is 0.631. The Morgan fingerprint density at radius 3 is 2.74 bits per heavy atom. The minimum Gasteiger partial charge on any atom is -0.485 e. The van der Waals surface area contributed by atoms with Crippen LogP contribution in [0.1, 0.15) is 21.9 Å². The largest absolute Gasteiger partial charge is 0.485 e. The minimum absolute atomic E-state index is 0.0866. The molecule has 1 N–H and O–H groups in total. The Hall–Kier alpha value is -3.86. The van der Waals surface area contributed by atoms with E-state index in [1.807, 2.05) is 0 Å². The molecule has 31 heavy (non-hydrogen) atoms. The molecule has 1 aliphatic rings. The summed E-state index contributed by atoms with van der Waals surface area (Å²) in [5, 5.41) is 10.6. The Balaban J connectivity index is 1.65. The molecule has 1 fully saturated rings. The van der Waals surface area contributed by atoms with E-state index in [0.29, 0.717) is 17.1 Å². The molecule has 3 rings (SSSR count). The third-order valence-corrected chi connectivity index (χ3v) is 4.68. The Morgan fingerprint density at radius 2 is 1.97 bits per heavy atom. The summed E-state index contributed by atoms with van der Waals surface area (Å²) in [6.45, 7) is 0.0873. The zero-order chi connectivity index (χ0) is 22.2. The number of carbonyl (C=O) groups excluding carboxylic acids is 3. The van der Waals surface area contributed by atoms with Gasteiger partial charge in [0.25, 0.3) is 5.91 Å². The predicted octanol–water partition coefficient (Wildman–Crippen LogP) is 2.25. The lowest BCUT2D eigenvalue weighted by molar-refractivity contribution is -0.135. The monoisotopic (exact) mass is 443 g/mol. The van der Waals surface area contributed by atoms with Crippen LogP contribution in [0.2, 0.25) is 0 Å². The maximum atomic E-state index is 11.8. The van der Waals surface area contributed by atoms with Gasteiger partial charge < -0.3 is 18.6 Å². The maximum absolute atomic E-state index is 11.8.